The summed E-state index contributed by atoms with van der Waals surface area (Å²) in [6.45, 7) is 15.7. The summed E-state index contributed by atoms with van der Waals surface area (Å²) in [5, 5.41) is 0. The predicted octanol–water partition coefficient (Wildman–Crippen LogP) is 6.54. The van der Waals surface area contributed by atoms with Crippen LogP contribution in [-0.2, 0) is 10.3 Å². The van der Waals surface area contributed by atoms with Crippen molar-refractivity contribution in [1.82, 2.24) is 4.90 Å². The zero-order chi connectivity index (χ0) is 21.4. The molecule has 0 aliphatic rings. The maximum atomic E-state index is 6.24. The van der Waals surface area contributed by atoms with Gasteiger partial charge in [0.1, 0.15) is 11.5 Å². The normalized spacial score (nSPS) is 13.3. The van der Waals surface area contributed by atoms with Crippen LogP contribution in [0, 0.1) is 13.8 Å². The largest absolute Gasteiger partial charge is 0.457 e. The molecule has 0 saturated heterocycles. The van der Waals surface area contributed by atoms with Gasteiger partial charge in [-0.3, -0.25) is 0 Å². The van der Waals surface area contributed by atoms with Crippen LogP contribution in [0.4, 0.5) is 5.69 Å². The molecule has 0 radical (unpaired) electrons. The maximum Gasteiger partial charge on any atom is 0.130 e. The zero-order valence-electron chi connectivity index (χ0n) is 18.7. The molecule has 156 valence electrons. The number of benzene rings is 2. The summed E-state index contributed by atoms with van der Waals surface area (Å²) >= 11 is 0. The second-order valence-corrected chi connectivity index (χ2v) is 7.51. The average molecular weight is 395 g/mol. The number of rotatable bonds is 10. The highest BCUT2D eigenvalue weighted by Crippen LogP contribution is 2.35. The third-order valence-electron chi connectivity index (χ3n) is 5.06. The first-order valence-electron chi connectivity index (χ1n) is 10.2. The summed E-state index contributed by atoms with van der Waals surface area (Å²) in [5.74, 6) is 1.63. The van der Waals surface area contributed by atoms with Crippen molar-refractivity contribution in [3.8, 4) is 11.5 Å². The standard InChI is InChI=1S/C25H34N2O2/c1-8-14-25(6,28-10-3)21-12-11-13-22(17-21)29-24-16-19(4)23(15-20(24)5)26-18-27(7)9-2/h8,11-13,15-18H,1,9-10,14H2,2-7H3. The lowest BCUT2D eigenvalue weighted by molar-refractivity contribution is -0.0271. The highest BCUT2D eigenvalue weighted by atomic mass is 16.5. The second kappa shape index (κ2) is 10.3. The van der Waals surface area contributed by atoms with Gasteiger partial charge in [-0.25, -0.2) is 4.99 Å². The minimum Gasteiger partial charge on any atom is -0.457 e. The summed E-state index contributed by atoms with van der Waals surface area (Å²) < 4.78 is 12.3. The lowest BCUT2D eigenvalue weighted by Gasteiger charge is -2.29. The van der Waals surface area contributed by atoms with Crippen LogP contribution >= 0.6 is 0 Å². The van der Waals surface area contributed by atoms with E-state index in [9.17, 15) is 0 Å². The fourth-order valence-corrected chi connectivity index (χ4v) is 3.14. The van der Waals surface area contributed by atoms with Gasteiger partial charge in [0.2, 0.25) is 0 Å². The number of aliphatic imine (C=N–C) groups is 1. The van der Waals surface area contributed by atoms with Crippen LogP contribution in [-0.4, -0.2) is 31.4 Å². The predicted molar refractivity (Wildman–Crippen MR) is 123 cm³/mol. The Bertz CT molecular complexity index is 860. The van der Waals surface area contributed by atoms with Crippen LogP contribution in [0.25, 0.3) is 0 Å². The van der Waals surface area contributed by atoms with E-state index in [1.807, 2.05) is 56.4 Å². The third-order valence-corrected chi connectivity index (χ3v) is 5.06. The molecule has 2 aromatic rings. The first kappa shape index (κ1) is 22.7. The number of nitrogens with zero attached hydrogens (tertiary/aromatic N) is 2. The average Bonchev–Trinajstić information content (AvgIpc) is 2.69. The van der Waals surface area contributed by atoms with Gasteiger partial charge in [0.05, 0.1) is 17.6 Å². The van der Waals surface area contributed by atoms with Gasteiger partial charge < -0.3 is 14.4 Å². The molecule has 0 aliphatic carbocycles. The summed E-state index contributed by atoms with van der Waals surface area (Å²) in [7, 11) is 2.01. The Kier molecular flexibility index (Phi) is 8.03. The van der Waals surface area contributed by atoms with E-state index in [2.05, 4.69) is 50.5 Å². The molecular formula is C25H34N2O2. The summed E-state index contributed by atoms with van der Waals surface area (Å²) in [4.78, 5) is 6.64. The van der Waals surface area contributed by atoms with Gasteiger partial charge in [0.15, 0.2) is 0 Å². The molecule has 1 atom stereocenters. The number of hydrogen-bond acceptors (Lipinski definition) is 3. The first-order valence-corrected chi connectivity index (χ1v) is 10.2. The number of ether oxygens (including phenoxy) is 2. The fourth-order valence-electron chi connectivity index (χ4n) is 3.14. The fraction of sp³-hybridized carbons (Fsp3) is 0.400. The Balaban J connectivity index is 2.29. The van der Waals surface area contributed by atoms with Crippen LogP contribution in [0.2, 0.25) is 0 Å². The van der Waals surface area contributed by atoms with Crippen LogP contribution in [0.15, 0.2) is 54.0 Å². The van der Waals surface area contributed by atoms with E-state index in [0.29, 0.717) is 6.61 Å². The summed E-state index contributed by atoms with van der Waals surface area (Å²) in [6, 6.07) is 12.2. The Hall–Kier alpha value is -2.59. The van der Waals surface area contributed by atoms with Crippen molar-refractivity contribution >= 4 is 12.0 Å². The zero-order valence-corrected chi connectivity index (χ0v) is 18.7. The molecule has 2 rings (SSSR count). The highest BCUT2D eigenvalue weighted by molar-refractivity contribution is 5.64. The highest BCUT2D eigenvalue weighted by Gasteiger charge is 2.26. The Morgan fingerprint density at radius 3 is 2.55 bits per heavy atom. The maximum absolute atomic E-state index is 6.24. The van der Waals surface area contributed by atoms with Gasteiger partial charge in [0.25, 0.3) is 0 Å². The van der Waals surface area contributed by atoms with E-state index in [1.165, 1.54) is 0 Å². The van der Waals surface area contributed by atoms with Gasteiger partial charge in [-0.05, 0) is 82.0 Å². The van der Waals surface area contributed by atoms with Crippen LogP contribution in [0.5, 0.6) is 11.5 Å². The van der Waals surface area contributed by atoms with E-state index in [4.69, 9.17) is 9.47 Å². The van der Waals surface area contributed by atoms with Crippen molar-refractivity contribution in [2.75, 3.05) is 20.2 Å². The monoisotopic (exact) mass is 394 g/mol. The van der Waals surface area contributed by atoms with Gasteiger partial charge >= 0.3 is 0 Å². The van der Waals surface area contributed by atoms with Gasteiger partial charge in [-0.1, -0.05) is 18.2 Å². The van der Waals surface area contributed by atoms with E-state index in [0.717, 1.165) is 46.8 Å². The third kappa shape index (κ3) is 5.94. The van der Waals surface area contributed by atoms with Crippen molar-refractivity contribution in [3.05, 3.63) is 65.7 Å². The molecule has 0 bridgehead atoms. The van der Waals surface area contributed by atoms with E-state index < -0.39 is 5.60 Å². The lowest BCUT2D eigenvalue weighted by Crippen LogP contribution is -2.25. The number of aryl methyl sites for hydroxylation is 2. The van der Waals surface area contributed by atoms with E-state index in [1.54, 1.807) is 0 Å². The van der Waals surface area contributed by atoms with Crippen molar-refractivity contribution in [2.24, 2.45) is 4.99 Å². The molecule has 0 N–H and O–H groups in total. The van der Waals surface area contributed by atoms with Crippen molar-refractivity contribution in [1.29, 1.82) is 0 Å². The Morgan fingerprint density at radius 1 is 1.14 bits per heavy atom. The summed E-state index contributed by atoms with van der Waals surface area (Å²) in [5.41, 5.74) is 3.75. The van der Waals surface area contributed by atoms with Gasteiger partial charge in [-0.2, -0.15) is 0 Å². The molecule has 2 aromatic carbocycles. The SMILES string of the molecule is C=CCC(C)(OCC)c1cccc(Oc2cc(C)c(N=CN(C)CC)cc2C)c1. The minimum absolute atomic E-state index is 0.412. The second-order valence-electron chi connectivity index (χ2n) is 7.51. The molecule has 0 amide bonds. The smallest absolute Gasteiger partial charge is 0.130 e. The van der Waals surface area contributed by atoms with Gasteiger partial charge in [-0.15, -0.1) is 6.58 Å². The quantitative estimate of drug-likeness (QED) is 0.261. The van der Waals surface area contributed by atoms with Crippen molar-refractivity contribution in [2.45, 2.75) is 46.6 Å². The first-order chi connectivity index (χ1) is 13.8. The minimum atomic E-state index is -0.412. The van der Waals surface area contributed by atoms with Crippen LogP contribution < -0.4 is 4.74 Å². The molecule has 4 nitrogen and oxygen atoms in total. The molecule has 0 fully saturated rings. The molecule has 4 heteroatoms. The molecule has 0 spiro atoms. The number of hydrogen-bond donors (Lipinski definition) is 0. The lowest BCUT2D eigenvalue weighted by atomic mass is 9.92. The Labute approximate surface area is 175 Å². The van der Waals surface area contributed by atoms with E-state index in [-0.39, 0.29) is 0 Å². The molecule has 0 aliphatic heterocycles. The van der Waals surface area contributed by atoms with Crippen molar-refractivity contribution in [3.63, 3.8) is 0 Å². The molecule has 0 aromatic heterocycles. The topological polar surface area (TPSA) is 34.1 Å². The molecular weight excluding hydrogens is 360 g/mol. The van der Waals surface area contributed by atoms with Crippen LogP contribution in [0.3, 0.4) is 0 Å². The van der Waals surface area contributed by atoms with Gasteiger partial charge in [0, 0.05) is 20.2 Å². The molecule has 0 saturated carbocycles. The van der Waals surface area contributed by atoms with Crippen molar-refractivity contribution < 1.29 is 9.47 Å². The molecule has 0 heterocycles. The van der Waals surface area contributed by atoms with E-state index >= 15 is 0 Å². The molecule has 1 unspecified atom stereocenters. The Morgan fingerprint density at radius 2 is 1.90 bits per heavy atom. The summed E-state index contributed by atoms with van der Waals surface area (Å²) in [6.07, 6.45) is 4.49. The van der Waals surface area contributed by atoms with Crippen LogP contribution in [0.1, 0.15) is 43.9 Å². The molecule has 29 heavy (non-hydrogen) atoms.